The number of carbonyl (C=O) groups excluding carboxylic acids is 1. The molecule has 1 rings (SSSR count). The lowest BCUT2D eigenvalue weighted by Gasteiger charge is -1.95. The van der Waals surface area contributed by atoms with E-state index in [4.69, 9.17) is 11.6 Å². The smallest absolute Gasteiger partial charge is 0.190 e. The molecule has 3 heteroatoms. The van der Waals surface area contributed by atoms with E-state index in [0.717, 1.165) is 5.56 Å². The van der Waals surface area contributed by atoms with Crippen molar-refractivity contribution in [1.82, 2.24) is 0 Å². The van der Waals surface area contributed by atoms with E-state index in [9.17, 15) is 4.79 Å². The van der Waals surface area contributed by atoms with Crippen molar-refractivity contribution in [2.24, 2.45) is 0 Å². The molecule has 11 heavy (non-hydrogen) atoms. The van der Waals surface area contributed by atoms with Gasteiger partial charge in [0, 0.05) is 11.4 Å². The van der Waals surface area contributed by atoms with E-state index < -0.39 is 0 Å². The highest BCUT2D eigenvalue weighted by molar-refractivity contribution is 7.96. The Hall–Kier alpha value is -0.470. The van der Waals surface area contributed by atoms with Gasteiger partial charge in [-0.2, -0.15) is 0 Å². The van der Waals surface area contributed by atoms with Gasteiger partial charge in [0.2, 0.25) is 0 Å². The number of rotatable bonds is 2. The Morgan fingerprint density at radius 1 is 1.36 bits per heavy atom. The number of thiol groups is 1. The van der Waals surface area contributed by atoms with Crippen molar-refractivity contribution in [1.29, 1.82) is 0 Å². The van der Waals surface area contributed by atoms with Crippen LogP contribution in [0, 0.1) is 0 Å². The van der Waals surface area contributed by atoms with Gasteiger partial charge in [-0.05, 0) is 17.7 Å². The molecule has 0 aliphatic heterocycles. The van der Waals surface area contributed by atoms with Crippen LogP contribution in [-0.2, 0) is 11.2 Å². The van der Waals surface area contributed by atoms with Crippen molar-refractivity contribution >= 4 is 29.3 Å². The number of carbonyl (C=O) groups is 1. The Morgan fingerprint density at radius 2 is 1.91 bits per heavy atom. The van der Waals surface area contributed by atoms with Crippen LogP contribution in [0.2, 0.25) is 5.02 Å². The molecule has 0 saturated heterocycles. The van der Waals surface area contributed by atoms with Crippen molar-refractivity contribution in [2.75, 3.05) is 0 Å². The van der Waals surface area contributed by atoms with Crippen molar-refractivity contribution < 1.29 is 4.79 Å². The van der Waals surface area contributed by atoms with Crippen LogP contribution in [0.25, 0.3) is 0 Å². The summed E-state index contributed by atoms with van der Waals surface area (Å²) in [5.41, 5.74) is 0.939. The summed E-state index contributed by atoms with van der Waals surface area (Å²) in [6.45, 7) is 0. The summed E-state index contributed by atoms with van der Waals surface area (Å²) in [4.78, 5) is 10.5. The molecule has 0 N–H and O–H groups in total. The summed E-state index contributed by atoms with van der Waals surface area (Å²) in [5, 5.41) is 0.549. The maximum absolute atomic E-state index is 10.5. The fourth-order valence-electron chi connectivity index (χ4n) is 0.777. The molecule has 1 aromatic rings. The fraction of sp³-hybridized carbons (Fsp3) is 0.125. The van der Waals surface area contributed by atoms with Crippen molar-refractivity contribution in [2.45, 2.75) is 6.42 Å². The largest absolute Gasteiger partial charge is 0.287 e. The predicted octanol–water partition coefficient (Wildman–Crippen LogP) is 2.34. The average Bonchev–Trinajstić information content (AvgIpc) is 1.93. The maximum Gasteiger partial charge on any atom is 0.190 e. The Kier molecular flexibility index (Phi) is 2.97. The lowest BCUT2D eigenvalue weighted by molar-refractivity contribution is -0.110. The first-order valence-electron chi connectivity index (χ1n) is 3.15. The predicted molar refractivity (Wildman–Crippen MR) is 49.1 cm³/mol. The minimum atomic E-state index is -0.132. The summed E-state index contributed by atoms with van der Waals surface area (Å²) in [6, 6.07) is 7.15. The van der Waals surface area contributed by atoms with Gasteiger partial charge in [0.15, 0.2) is 5.12 Å². The molecule has 0 aliphatic rings. The molecule has 0 atom stereocenters. The Labute approximate surface area is 75.8 Å². The Balaban J connectivity index is 2.74. The topological polar surface area (TPSA) is 17.1 Å². The second-order valence-corrected chi connectivity index (χ2v) is 3.13. The van der Waals surface area contributed by atoms with E-state index in [2.05, 4.69) is 12.6 Å². The van der Waals surface area contributed by atoms with Gasteiger partial charge in [0.1, 0.15) is 0 Å². The van der Waals surface area contributed by atoms with E-state index in [-0.39, 0.29) is 5.12 Å². The first kappa shape index (κ1) is 8.62. The molecule has 1 aromatic carbocycles. The first-order chi connectivity index (χ1) is 5.18. The molecular weight excluding hydrogens is 180 g/mol. The minimum absolute atomic E-state index is 0.132. The third-order valence-electron chi connectivity index (χ3n) is 1.27. The molecular formula is C8H7ClOS. The standard InChI is InChI=1S/C8H7ClOS/c9-7-3-1-6(2-4-7)5-8(10)11/h1-4H,5H2,(H,10,11). The number of hydrogen-bond acceptors (Lipinski definition) is 1. The molecule has 0 unspecified atom stereocenters. The third kappa shape index (κ3) is 2.95. The second kappa shape index (κ2) is 3.79. The molecule has 1 nitrogen and oxygen atoms in total. The molecule has 0 saturated carbocycles. The normalized spacial score (nSPS) is 9.64. The van der Waals surface area contributed by atoms with E-state index in [0.29, 0.717) is 11.4 Å². The van der Waals surface area contributed by atoms with Crippen LogP contribution < -0.4 is 0 Å². The van der Waals surface area contributed by atoms with Crippen LogP contribution in [0.5, 0.6) is 0 Å². The molecule has 58 valence electrons. The van der Waals surface area contributed by atoms with Crippen molar-refractivity contribution in [3.05, 3.63) is 34.9 Å². The zero-order valence-electron chi connectivity index (χ0n) is 5.75. The summed E-state index contributed by atoms with van der Waals surface area (Å²) in [5.74, 6) is 0. The number of hydrogen-bond donors (Lipinski definition) is 1. The maximum atomic E-state index is 10.5. The van der Waals surface area contributed by atoms with Crippen molar-refractivity contribution in [3.63, 3.8) is 0 Å². The summed E-state index contributed by atoms with van der Waals surface area (Å²) >= 11 is 9.31. The summed E-state index contributed by atoms with van der Waals surface area (Å²) in [6.07, 6.45) is 0.361. The number of benzene rings is 1. The highest BCUT2D eigenvalue weighted by Gasteiger charge is 1.96. The zero-order valence-corrected chi connectivity index (χ0v) is 7.40. The summed E-state index contributed by atoms with van der Waals surface area (Å²) in [7, 11) is 0. The summed E-state index contributed by atoms with van der Waals surface area (Å²) < 4.78 is 0. The van der Waals surface area contributed by atoms with Gasteiger partial charge >= 0.3 is 0 Å². The molecule has 0 aliphatic carbocycles. The van der Waals surface area contributed by atoms with Crippen LogP contribution in [-0.4, -0.2) is 5.12 Å². The van der Waals surface area contributed by atoms with E-state index in [1.165, 1.54) is 0 Å². The fourth-order valence-corrected chi connectivity index (χ4v) is 1.09. The molecule has 0 heterocycles. The van der Waals surface area contributed by atoms with Crippen LogP contribution in [0.15, 0.2) is 24.3 Å². The molecule has 0 radical (unpaired) electrons. The number of halogens is 1. The zero-order chi connectivity index (χ0) is 8.27. The highest BCUT2D eigenvalue weighted by atomic mass is 35.5. The quantitative estimate of drug-likeness (QED) is 0.702. The lowest BCUT2D eigenvalue weighted by Crippen LogP contribution is -1.92. The Bertz CT molecular complexity index is 255. The average molecular weight is 187 g/mol. The molecule has 0 bridgehead atoms. The van der Waals surface area contributed by atoms with Gasteiger partial charge in [-0.3, -0.25) is 4.79 Å². The second-order valence-electron chi connectivity index (χ2n) is 2.20. The first-order valence-corrected chi connectivity index (χ1v) is 3.97. The monoisotopic (exact) mass is 186 g/mol. The SMILES string of the molecule is O=C(S)Cc1ccc(Cl)cc1. The van der Waals surface area contributed by atoms with Crippen LogP contribution in [0.1, 0.15) is 5.56 Å². The minimum Gasteiger partial charge on any atom is -0.287 e. The van der Waals surface area contributed by atoms with Crippen LogP contribution in [0.3, 0.4) is 0 Å². The van der Waals surface area contributed by atoms with Crippen LogP contribution in [0.4, 0.5) is 0 Å². The molecule has 0 aromatic heterocycles. The van der Waals surface area contributed by atoms with E-state index in [1.54, 1.807) is 12.1 Å². The van der Waals surface area contributed by atoms with Gasteiger partial charge in [0.25, 0.3) is 0 Å². The van der Waals surface area contributed by atoms with E-state index in [1.807, 2.05) is 12.1 Å². The van der Waals surface area contributed by atoms with Crippen LogP contribution >= 0.6 is 24.2 Å². The third-order valence-corrected chi connectivity index (χ3v) is 1.68. The van der Waals surface area contributed by atoms with Gasteiger partial charge in [-0.1, -0.05) is 23.7 Å². The van der Waals surface area contributed by atoms with Gasteiger partial charge in [-0.25, -0.2) is 0 Å². The van der Waals surface area contributed by atoms with E-state index >= 15 is 0 Å². The molecule has 0 spiro atoms. The van der Waals surface area contributed by atoms with Gasteiger partial charge in [0.05, 0.1) is 0 Å². The van der Waals surface area contributed by atoms with Gasteiger partial charge in [-0.15, -0.1) is 12.6 Å². The molecule has 0 fully saturated rings. The van der Waals surface area contributed by atoms with Gasteiger partial charge < -0.3 is 0 Å². The van der Waals surface area contributed by atoms with Crippen molar-refractivity contribution in [3.8, 4) is 0 Å². The Morgan fingerprint density at radius 3 is 2.36 bits per heavy atom. The highest BCUT2D eigenvalue weighted by Crippen LogP contribution is 2.10. The molecule has 0 amide bonds. The lowest BCUT2D eigenvalue weighted by atomic mass is 10.2.